The largest absolute Gasteiger partial charge is 0.309 e. The van der Waals surface area contributed by atoms with Crippen molar-refractivity contribution in [2.75, 3.05) is 6.54 Å². The summed E-state index contributed by atoms with van der Waals surface area (Å²) in [6.45, 7) is 5.31. The molecule has 1 unspecified atom stereocenters. The van der Waals surface area contributed by atoms with Crippen molar-refractivity contribution in [2.45, 2.75) is 32.7 Å². The molecule has 3 nitrogen and oxygen atoms in total. The second kappa shape index (κ2) is 6.50. The lowest BCUT2D eigenvalue weighted by Gasteiger charge is -2.11. The van der Waals surface area contributed by atoms with Gasteiger partial charge in [0.05, 0.1) is 9.98 Å². The number of H-pyrrole nitrogens is 1. The first-order chi connectivity index (χ1) is 8.66. The summed E-state index contributed by atoms with van der Waals surface area (Å²) in [6.07, 6.45) is 4.14. The average molecular weight is 328 g/mol. The smallest absolute Gasteiger partial charge is 0.0701 e. The predicted molar refractivity (Wildman–Crippen MR) is 80.1 cm³/mol. The molecule has 0 fully saturated rings. The second-order valence-electron chi connectivity index (χ2n) is 4.44. The zero-order valence-corrected chi connectivity index (χ0v) is 13.1. The molecule has 0 aliphatic heterocycles. The first-order valence-electron chi connectivity index (χ1n) is 6.14. The minimum atomic E-state index is 0.423. The molecular formula is C13H18BrN3S. The van der Waals surface area contributed by atoms with Gasteiger partial charge in [-0.3, -0.25) is 5.10 Å². The summed E-state index contributed by atoms with van der Waals surface area (Å²) < 4.78 is 1.19. The minimum absolute atomic E-state index is 0.423. The monoisotopic (exact) mass is 327 g/mol. The molecule has 0 aliphatic rings. The number of halogens is 1. The Morgan fingerprint density at radius 2 is 2.33 bits per heavy atom. The van der Waals surface area contributed by atoms with Gasteiger partial charge in [0, 0.05) is 16.6 Å². The van der Waals surface area contributed by atoms with Crippen LogP contribution >= 0.6 is 27.3 Å². The highest BCUT2D eigenvalue weighted by molar-refractivity contribution is 9.11. The molecule has 0 amide bonds. The Balaban J connectivity index is 1.71. The topological polar surface area (TPSA) is 40.7 Å². The van der Waals surface area contributed by atoms with E-state index in [1.54, 1.807) is 11.3 Å². The molecule has 0 bridgehead atoms. The number of aromatic nitrogens is 2. The Morgan fingerprint density at radius 1 is 1.50 bits per heavy atom. The SMILES string of the molecule is Cc1[nH]ncc1CCCNC(C)c1ccc(Br)s1. The van der Waals surface area contributed by atoms with Gasteiger partial charge in [-0.15, -0.1) is 11.3 Å². The zero-order chi connectivity index (χ0) is 13.0. The highest BCUT2D eigenvalue weighted by Crippen LogP contribution is 2.26. The lowest BCUT2D eigenvalue weighted by atomic mass is 10.1. The summed E-state index contributed by atoms with van der Waals surface area (Å²) in [5.41, 5.74) is 2.51. The van der Waals surface area contributed by atoms with E-state index in [1.807, 2.05) is 6.20 Å². The first kappa shape index (κ1) is 13.8. The molecule has 2 N–H and O–H groups in total. The highest BCUT2D eigenvalue weighted by Gasteiger charge is 2.07. The van der Waals surface area contributed by atoms with Crippen molar-refractivity contribution in [1.82, 2.24) is 15.5 Å². The standard InChI is InChI=1S/C13H18BrN3S/c1-9-11(8-16-17-9)4-3-7-15-10(2)12-5-6-13(14)18-12/h5-6,8,10,15H,3-4,7H2,1-2H3,(H,16,17). The maximum absolute atomic E-state index is 4.04. The molecule has 0 aliphatic carbocycles. The van der Waals surface area contributed by atoms with Gasteiger partial charge in [-0.1, -0.05) is 0 Å². The number of thiophene rings is 1. The molecule has 2 aromatic heterocycles. The number of rotatable bonds is 6. The summed E-state index contributed by atoms with van der Waals surface area (Å²) in [5.74, 6) is 0. The molecule has 0 saturated heterocycles. The van der Waals surface area contributed by atoms with Crippen LogP contribution in [0.1, 0.15) is 35.5 Å². The Bertz CT molecular complexity index is 492. The lowest BCUT2D eigenvalue weighted by molar-refractivity contribution is 0.565. The number of nitrogens with zero attached hydrogens (tertiary/aromatic N) is 1. The van der Waals surface area contributed by atoms with E-state index >= 15 is 0 Å². The Hall–Kier alpha value is -0.650. The van der Waals surface area contributed by atoms with Crippen molar-refractivity contribution < 1.29 is 0 Å². The molecule has 18 heavy (non-hydrogen) atoms. The van der Waals surface area contributed by atoms with E-state index < -0.39 is 0 Å². The van der Waals surface area contributed by atoms with Gasteiger partial charge in [-0.05, 0) is 66.9 Å². The fourth-order valence-corrected chi connectivity index (χ4v) is 3.34. The molecule has 0 aromatic carbocycles. The molecule has 98 valence electrons. The van der Waals surface area contributed by atoms with Crippen LogP contribution in [0.5, 0.6) is 0 Å². The van der Waals surface area contributed by atoms with E-state index in [4.69, 9.17) is 0 Å². The third kappa shape index (κ3) is 3.67. The molecule has 2 heterocycles. The van der Waals surface area contributed by atoms with Crippen LogP contribution in [0.15, 0.2) is 22.1 Å². The van der Waals surface area contributed by atoms with Gasteiger partial charge < -0.3 is 5.32 Å². The summed E-state index contributed by atoms with van der Waals surface area (Å²) >= 11 is 5.29. The van der Waals surface area contributed by atoms with E-state index in [-0.39, 0.29) is 0 Å². The maximum atomic E-state index is 4.04. The molecule has 2 aromatic rings. The molecular weight excluding hydrogens is 310 g/mol. The lowest BCUT2D eigenvalue weighted by Crippen LogP contribution is -2.19. The Labute approximate surface area is 120 Å². The summed E-state index contributed by atoms with van der Waals surface area (Å²) in [7, 11) is 0. The average Bonchev–Trinajstić information content (AvgIpc) is 2.94. The van der Waals surface area contributed by atoms with E-state index in [9.17, 15) is 0 Å². The van der Waals surface area contributed by atoms with E-state index in [0.29, 0.717) is 6.04 Å². The van der Waals surface area contributed by atoms with Gasteiger partial charge in [0.2, 0.25) is 0 Å². The maximum Gasteiger partial charge on any atom is 0.0701 e. The van der Waals surface area contributed by atoms with Crippen molar-refractivity contribution in [3.05, 3.63) is 38.3 Å². The Kier molecular flexibility index (Phi) is 4.97. The summed E-state index contributed by atoms with van der Waals surface area (Å²) in [5, 5.41) is 10.6. The van der Waals surface area contributed by atoms with Crippen molar-refractivity contribution in [3.8, 4) is 0 Å². The van der Waals surface area contributed by atoms with Crippen molar-refractivity contribution >= 4 is 27.3 Å². The van der Waals surface area contributed by atoms with Crippen LogP contribution in [0.25, 0.3) is 0 Å². The van der Waals surface area contributed by atoms with Crippen LogP contribution < -0.4 is 5.32 Å². The predicted octanol–water partition coefficient (Wildman–Crippen LogP) is 3.83. The molecule has 0 spiro atoms. The van der Waals surface area contributed by atoms with E-state index in [0.717, 1.165) is 19.4 Å². The quantitative estimate of drug-likeness (QED) is 0.792. The van der Waals surface area contributed by atoms with Gasteiger partial charge >= 0.3 is 0 Å². The van der Waals surface area contributed by atoms with Crippen LogP contribution in [-0.2, 0) is 6.42 Å². The molecule has 5 heteroatoms. The molecule has 2 rings (SSSR count). The fourth-order valence-electron chi connectivity index (χ4n) is 1.89. The molecule has 0 saturated carbocycles. The van der Waals surface area contributed by atoms with Gasteiger partial charge in [-0.25, -0.2) is 0 Å². The van der Waals surface area contributed by atoms with E-state index in [1.165, 1.54) is 19.9 Å². The third-order valence-corrected chi connectivity index (χ3v) is 4.83. The highest BCUT2D eigenvalue weighted by atomic mass is 79.9. The van der Waals surface area contributed by atoms with Crippen LogP contribution in [0.4, 0.5) is 0 Å². The third-order valence-electron chi connectivity index (χ3n) is 3.03. The van der Waals surface area contributed by atoms with Crippen LogP contribution in [0, 0.1) is 6.92 Å². The number of aryl methyl sites for hydroxylation is 2. The van der Waals surface area contributed by atoms with Crippen molar-refractivity contribution in [3.63, 3.8) is 0 Å². The van der Waals surface area contributed by atoms with Crippen molar-refractivity contribution in [2.24, 2.45) is 0 Å². The summed E-state index contributed by atoms with van der Waals surface area (Å²) in [4.78, 5) is 1.38. The number of nitrogens with one attached hydrogen (secondary N) is 2. The summed E-state index contributed by atoms with van der Waals surface area (Å²) in [6, 6.07) is 4.70. The molecule has 1 atom stereocenters. The van der Waals surface area contributed by atoms with Crippen LogP contribution in [0.2, 0.25) is 0 Å². The fraction of sp³-hybridized carbons (Fsp3) is 0.462. The van der Waals surface area contributed by atoms with Crippen LogP contribution in [0.3, 0.4) is 0 Å². The number of hydrogen-bond donors (Lipinski definition) is 2. The number of hydrogen-bond acceptors (Lipinski definition) is 3. The minimum Gasteiger partial charge on any atom is -0.309 e. The second-order valence-corrected chi connectivity index (χ2v) is 6.94. The van der Waals surface area contributed by atoms with Gasteiger partial charge in [0.25, 0.3) is 0 Å². The van der Waals surface area contributed by atoms with Crippen LogP contribution in [-0.4, -0.2) is 16.7 Å². The van der Waals surface area contributed by atoms with Gasteiger partial charge in [0.15, 0.2) is 0 Å². The zero-order valence-electron chi connectivity index (χ0n) is 10.7. The normalized spacial score (nSPS) is 12.8. The van der Waals surface area contributed by atoms with E-state index in [2.05, 4.69) is 57.4 Å². The van der Waals surface area contributed by atoms with Gasteiger partial charge in [0.1, 0.15) is 0 Å². The van der Waals surface area contributed by atoms with Gasteiger partial charge in [-0.2, -0.15) is 5.10 Å². The number of aromatic amines is 1. The first-order valence-corrected chi connectivity index (χ1v) is 7.75. The molecule has 0 radical (unpaired) electrons. The Morgan fingerprint density at radius 3 is 2.94 bits per heavy atom. The van der Waals surface area contributed by atoms with Crippen molar-refractivity contribution in [1.29, 1.82) is 0 Å².